The summed E-state index contributed by atoms with van der Waals surface area (Å²) >= 11 is 0. The molecule has 0 unspecified atom stereocenters. The Morgan fingerprint density at radius 1 is 1.06 bits per heavy atom. The van der Waals surface area contributed by atoms with Gasteiger partial charge in [-0.3, -0.25) is 14.0 Å². The van der Waals surface area contributed by atoms with Crippen molar-refractivity contribution in [2.75, 3.05) is 19.9 Å². The van der Waals surface area contributed by atoms with Gasteiger partial charge < -0.3 is 9.47 Å². The molecule has 4 nitrogen and oxygen atoms in total. The highest BCUT2D eigenvalue weighted by Gasteiger charge is 2.43. The average Bonchev–Trinajstić information content (AvgIpc) is 2.29. The molecule has 0 radical (unpaired) electrons. The van der Waals surface area contributed by atoms with Crippen LogP contribution in [0.3, 0.4) is 0 Å². The summed E-state index contributed by atoms with van der Waals surface area (Å²) in [5, 5.41) is 0. The number of carbonyl (C=O) groups is 2. The van der Waals surface area contributed by atoms with Crippen LogP contribution in [0, 0.1) is 5.41 Å². The summed E-state index contributed by atoms with van der Waals surface area (Å²) in [7, 11) is 0. The standard InChI is InChI=1S/C12H21FO4/c1-4-16-10(14)12(3,8-6-7-9-13)11(15)17-5-2/h4-9H2,1-3H3. The Bertz CT molecular complexity index is 235. The van der Waals surface area contributed by atoms with Crippen molar-refractivity contribution < 1.29 is 23.5 Å². The van der Waals surface area contributed by atoms with Gasteiger partial charge in [0.15, 0.2) is 5.41 Å². The molecule has 0 rings (SSSR count). The molecule has 0 atom stereocenters. The van der Waals surface area contributed by atoms with Crippen molar-refractivity contribution in [2.24, 2.45) is 5.41 Å². The number of ether oxygens (including phenoxy) is 2. The first kappa shape index (κ1) is 15.9. The quantitative estimate of drug-likeness (QED) is 0.375. The Morgan fingerprint density at radius 2 is 1.53 bits per heavy atom. The van der Waals surface area contributed by atoms with Crippen LogP contribution in [0.4, 0.5) is 4.39 Å². The van der Waals surface area contributed by atoms with E-state index in [1.54, 1.807) is 13.8 Å². The van der Waals surface area contributed by atoms with E-state index >= 15 is 0 Å². The molecule has 0 heterocycles. The Hall–Kier alpha value is -1.13. The molecule has 0 aliphatic rings. The third kappa shape index (κ3) is 4.71. The van der Waals surface area contributed by atoms with E-state index in [1.807, 2.05) is 0 Å². The summed E-state index contributed by atoms with van der Waals surface area (Å²) in [6.45, 7) is 4.78. The number of unbranched alkanes of at least 4 members (excludes halogenated alkanes) is 1. The molecule has 100 valence electrons. The Labute approximate surface area is 101 Å². The average molecular weight is 248 g/mol. The fourth-order valence-corrected chi connectivity index (χ4v) is 1.44. The van der Waals surface area contributed by atoms with Gasteiger partial charge in [-0.15, -0.1) is 0 Å². The van der Waals surface area contributed by atoms with Crippen molar-refractivity contribution in [1.29, 1.82) is 0 Å². The lowest BCUT2D eigenvalue weighted by Crippen LogP contribution is -2.39. The fraction of sp³-hybridized carbons (Fsp3) is 0.833. The Kier molecular flexibility index (Phi) is 7.50. The summed E-state index contributed by atoms with van der Waals surface area (Å²) < 4.78 is 21.8. The van der Waals surface area contributed by atoms with Crippen LogP contribution >= 0.6 is 0 Å². The maximum Gasteiger partial charge on any atom is 0.323 e. The molecule has 0 aromatic heterocycles. The summed E-state index contributed by atoms with van der Waals surface area (Å²) in [4.78, 5) is 23.5. The minimum atomic E-state index is -1.32. The van der Waals surface area contributed by atoms with E-state index in [1.165, 1.54) is 6.92 Å². The molecule has 0 spiro atoms. The van der Waals surface area contributed by atoms with Crippen molar-refractivity contribution in [2.45, 2.75) is 40.0 Å². The van der Waals surface area contributed by atoms with Gasteiger partial charge in [-0.2, -0.15) is 0 Å². The number of rotatable bonds is 8. The number of alkyl halides is 1. The second-order valence-electron chi connectivity index (χ2n) is 3.92. The summed E-state index contributed by atoms with van der Waals surface area (Å²) in [5.74, 6) is -1.20. The van der Waals surface area contributed by atoms with E-state index in [4.69, 9.17) is 9.47 Å². The van der Waals surface area contributed by atoms with Gasteiger partial charge in [0.25, 0.3) is 0 Å². The summed E-state index contributed by atoms with van der Waals surface area (Å²) in [6.07, 6.45) is 1.02. The summed E-state index contributed by atoms with van der Waals surface area (Å²) in [6, 6.07) is 0. The number of carbonyl (C=O) groups excluding carboxylic acids is 2. The molecule has 5 heteroatoms. The SMILES string of the molecule is CCOC(=O)C(C)(CCCCF)C(=O)OCC. The predicted octanol–water partition coefficient (Wildman–Crippen LogP) is 2.26. The van der Waals surface area contributed by atoms with Crippen molar-refractivity contribution in [3.63, 3.8) is 0 Å². The van der Waals surface area contributed by atoms with Gasteiger partial charge in [0.2, 0.25) is 0 Å². The highest BCUT2D eigenvalue weighted by Crippen LogP contribution is 2.28. The predicted molar refractivity (Wildman–Crippen MR) is 61.2 cm³/mol. The van der Waals surface area contributed by atoms with Gasteiger partial charge in [0, 0.05) is 0 Å². The van der Waals surface area contributed by atoms with E-state index in [-0.39, 0.29) is 19.6 Å². The number of halogens is 1. The van der Waals surface area contributed by atoms with Crippen molar-refractivity contribution in [3.8, 4) is 0 Å². The number of hydrogen-bond acceptors (Lipinski definition) is 4. The normalized spacial score (nSPS) is 11.1. The molecule has 0 aromatic carbocycles. The second kappa shape index (κ2) is 8.03. The van der Waals surface area contributed by atoms with Crippen LogP contribution in [0.25, 0.3) is 0 Å². The van der Waals surface area contributed by atoms with E-state index in [0.29, 0.717) is 12.8 Å². The Balaban J connectivity index is 4.66. The Morgan fingerprint density at radius 3 is 1.88 bits per heavy atom. The lowest BCUT2D eigenvalue weighted by molar-refractivity contribution is -0.171. The second-order valence-corrected chi connectivity index (χ2v) is 3.92. The first-order chi connectivity index (χ1) is 8.02. The smallest absolute Gasteiger partial charge is 0.323 e. The zero-order chi connectivity index (χ0) is 13.3. The highest BCUT2D eigenvalue weighted by atomic mass is 19.1. The first-order valence-electron chi connectivity index (χ1n) is 5.93. The maximum absolute atomic E-state index is 12.0. The minimum absolute atomic E-state index is 0.205. The van der Waals surface area contributed by atoms with Crippen LogP contribution in [0.5, 0.6) is 0 Å². The largest absolute Gasteiger partial charge is 0.465 e. The molecule has 0 aliphatic heterocycles. The van der Waals surface area contributed by atoms with Crippen LogP contribution in [0.1, 0.15) is 40.0 Å². The van der Waals surface area contributed by atoms with E-state index in [2.05, 4.69) is 0 Å². The van der Waals surface area contributed by atoms with Crippen LogP contribution in [0.2, 0.25) is 0 Å². The lowest BCUT2D eigenvalue weighted by Gasteiger charge is -2.24. The fourth-order valence-electron chi connectivity index (χ4n) is 1.44. The minimum Gasteiger partial charge on any atom is -0.465 e. The van der Waals surface area contributed by atoms with Gasteiger partial charge >= 0.3 is 11.9 Å². The molecular weight excluding hydrogens is 227 g/mol. The van der Waals surface area contributed by atoms with Gasteiger partial charge in [-0.1, -0.05) is 0 Å². The molecule has 0 saturated carbocycles. The summed E-state index contributed by atoms with van der Waals surface area (Å²) in [5.41, 5.74) is -1.32. The monoisotopic (exact) mass is 248 g/mol. The van der Waals surface area contributed by atoms with Gasteiger partial charge in [0.1, 0.15) is 0 Å². The maximum atomic E-state index is 12.0. The molecule has 0 aromatic rings. The topological polar surface area (TPSA) is 52.6 Å². The van der Waals surface area contributed by atoms with Crippen LogP contribution in [-0.4, -0.2) is 31.8 Å². The molecule has 0 N–H and O–H groups in total. The number of esters is 2. The van der Waals surface area contributed by atoms with Crippen LogP contribution < -0.4 is 0 Å². The van der Waals surface area contributed by atoms with Crippen LogP contribution in [-0.2, 0) is 19.1 Å². The molecular formula is C12H21FO4. The first-order valence-corrected chi connectivity index (χ1v) is 5.93. The van der Waals surface area contributed by atoms with E-state index in [0.717, 1.165) is 0 Å². The third-order valence-electron chi connectivity index (χ3n) is 2.51. The van der Waals surface area contributed by atoms with E-state index in [9.17, 15) is 14.0 Å². The van der Waals surface area contributed by atoms with Gasteiger partial charge in [-0.25, -0.2) is 0 Å². The highest BCUT2D eigenvalue weighted by molar-refractivity contribution is 5.99. The van der Waals surface area contributed by atoms with E-state index < -0.39 is 24.0 Å². The molecule has 0 fully saturated rings. The molecule has 0 amide bonds. The molecule has 0 aliphatic carbocycles. The molecule has 17 heavy (non-hydrogen) atoms. The third-order valence-corrected chi connectivity index (χ3v) is 2.51. The molecule has 0 bridgehead atoms. The van der Waals surface area contributed by atoms with Crippen molar-refractivity contribution >= 4 is 11.9 Å². The van der Waals surface area contributed by atoms with Crippen LogP contribution in [0.15, 0.2) is 0 Å². The van der Waals surface area contributed by atoms with Gasteiger partial charge in [-0.05, 0) is 40.0 Å². The zero-order valence-electron chi connectivity index (χ0n) is 10.8. The lowest BCUT2D eigenvalue weighted by atomic mass is 9.85. The van der Waals surface area contributed by atoms with Crippen molar-refractivity contribution in [3.05, 3.63) is 0 Å². The zero-order valence-corrected chi connectivity index (χ0v) is 10.8. The number of hydrogen-bond donors (Lipinski definition) is 0. The van der Waals surface area contributed by atoms with Crippen molar-refractivity contribution in [1.82, 2.24) is 0 Å². The molecule has 0 saturated heterocycles. The van der Waals surface area contributed by atoms with Gasteiger partial charge in [0.05, 0.1) is 19.9 Å².